The first-order valence-electron chi connectivity index (χ1n) is 15.7. The van der Waals surface area contributed by atoms with Gasteiger partial charge in [0.15, 0.2) is 5.75 Å². The topological polar surface area (TPSA) is 65.3 Å². The Morgan fingerprint density at radius 1 is 0.636 bits per heavy atom. The first-order valence-corrected chi connectivity index (χ1v) is 15.7. The molecule has 3 aromatic rings. The van der Waals surface area contributed by atoms with Gasteiger partial charge in [0.05, 0.1) is 31.0 Å². The van der Waals surface area contributed by atoms with E-state index < -0.39 is 5.41 Å². The minimum Gasteiger partial charge on any atom is -0.495 e. The maximum Gasteiger partial charge on any atom is 0.170 e. The second-order valence-electron chi connectivity index (χ2n) is 12.8. The molecule has 0 bridgehead atoms. The molecule has 4 aliphatic rings. The van der Waals surface area contributed by atoms with Crippen LogP contribution in [0.5, 0.6) is 11.5 Å². The van der Waals surface area contributed by atoms with Crippen molar-refractivity contribution in [1.82, 2.24) is 0 Å². The highest BCUT2D eigenvalue weighted by Gasteiger charge is 2.34. The molecule has 7 rings (SSSR count). The Balaban J connectivity index is 1.14. The van der Waals surface area contributed by atoms with Crippen LogP contribution in [0.3, 0.4) is 0 Å². The van der Waals surface area contributed by atoms with Gasteiger partial charge in [-0.05, 0) is 66.4 Å². The predicted octanol–water partition coefficient (Wildman–Crippen LogP) is 6.49. The fourth-order valence-electron chi connectivity index (χ4n) is 5.84. The molecule has 4 atom stereocenters. The largest absolute Gasteiger partial charge is 0.495 e. The van der Waals surface area contributed by atoms with Gasteiger partial charge in [0.2, 0.25) is 0 Å². The zero-order valence-corrected chi connectivity index (χ0v) is 25.8. The van der Waals surface area contributed by atoms with Gasteiger partial charge in [-0.2, -0.15) is 0 Å². The first kappa shape index (κ1) is 29.0. The van der Waals surface area contributed by atoms with E-state index in [2.05, 4.69) is 87.5 Å². The monoisotopic (exact) mass is 592 g/mol. The quantitative estimate of drug-likeness (QED) is 0.199. The molecule has 44 heavy (non-hydrogen) atoms. The normalized spacial score (nSPS) is 23.4. The summed E-state index contributed by atoms with van der Waals surface area (Å²) in [5.41, 5.74) is 5.46. The molecular formula is C38H40O6. The average molecular weight is 593 g/mol. The van der Waals surface area contributed by atoms with E-state index in [1.807, 2.05) is 18.2 Å². The van der Waals surface area contributed by atoms with Gasteiger partial charge in [0.1, 0.15) is 43.9 Å². The molecule has 228 valence electrons. The number of hydrogen-bond donors (Lipinski definition) is 0. The highest BCUT2D eigenvalue weighted by molar-refractivity contribution is 5.51. The fraction of sp³-hybridized carbons (Fsp3) is 0.421. The van der Waals surface area contributed by atoms with Crippen molar-refractivity contribution in [3.63, 3.8) is 0 Å². The molecule has 3 fully saturated rings. The number of rotatable bonds is 14. The van der Waals surface area contributed by atoms with Crippen LogP contribution in [0.15, 0.2) is 84.1 Å². The third-order valence-corrected chi connectivity index (χ3v) is 9.31. The zero-order valence-electron chi connectivity index (χ0n) is 25.8. The maximum absolute atomic E-state index is 5.94. The highest BCUT2D eigenvalue weighted by atomic mass is 16.6. The molecule has 0 radical (unpaired) electrons. The van der Waals surface area contributed by atoms with E-state index in [0.717, 1.165) is 55.3 Å². The van der Waals surface area contributed by atoms with E-state index in [1.165, 1.54) is 16.7 Å². The summed E-state index contributed by atoms with van der Waals surface area (Å²) in [6, 6.07) is 28.2. The first-order chi connectivity index (χ1) is 21.4. The third kappa shape index (κ3) is 6.51. The second kappa shape index (κ2) is 12.0. The Kier molecular flexibility index (Phi) is 7.88. The number of benzene rings is 2. The number of allylic oxidation sites excluding steroid dienone is 4. The summed E-state index contributed by atoms with van der Waals surface area (Å²) in [7, 11) is 0. The number of ether oxygens (including phenoxy) is 6. The molecule has 0 spiro atoms. The lowest BCUT2D eigenvalue weighted by Crippen LogP contribution is -2.26. The van der Waals surface area contributed by atoms with Crippen LogP contribution in [0, 0.1) is 12.1 Å². The molecule has 3 heterocycles. The van der Waals surface area contributed by atoms with Gasteiger partial charge < -0.3 is 28.4 Å². The van der Waals surface area contributed by atoms with E-state index in [-0.39, 0.29) is 23.7 Å². The van der Waals surface area contributed by atoms with E-state index in [1.54, 1.807) is 0 Å². The Labute approximate surface area is 260 Å². The minimum absolute atomic E-state index is 0.106. The average Bonchev–Trinajstić information content (AvgIpc) is 3.91. The van der Waals surface area contributed by atoms with Crippen LogP contribution < -0.4 is 9.47 Å². The summed E-state index contributed by atoms with van der Waals surface area (Å²) < 4.78 is 33.6. The SMILES string of the molecule is CC(C)(C1=CC=C(OCC2CO2)CC1)c1ccc(C(C)(c2c#cc(OCC3CO3)cc2)c2ccc(OCC3CO3)cc2)cc1. The predicted molar refractivity (Wildman–Crippen MR) is 167 cm³/mol. The number of epoxide rings is 3. The van der Waals surface area contributed by atoms with Crippen molar-refractivity contribution in [2.75, 3.05) is 39.6 Å². The Hall–Kier alpha value is -3.76. The highest BCUT2D eigenvalue weighted by Crippen LogP contribution is 2.42. The molecule has 4 unspecified atom stereocenters. The van der Waals surface area contributed by atoms with Gasteiger partial charge in [0, 0.05) is 17.4 Å². The summed E-state index contributed by atoms with van der Waals surface area (Å²) in [5, 5.41) is 0. The Bertz CT molecular complexity index is 1430. The zero-order chi connectivity index (χ0) is 30.1. The molecule has 0 N–H and O–H groups in total. The molecule has 0 aromatic heterocycles. The standard InChI is InChI=1S/C38H40O6/c1-37(2,27-8-14-31(15-9-27)39-20-34-23-42-34)26-4-6-28(7-5-26)38(3,29-10-16-32(17-11-29)40-21-35-24-43-35)30-12-18-33(19-13-30)41-22-36-25-44-36/h4-8,10-12,14,16-18,34-36H,9,15,20-25H2,1-3H3. The summed E-state index contributed by atoms with van der Waals surface area (Å²) in [4.78, 5) is 0. The van der Waals surface area contributed by atoms with Crippen molar-refractivity contribution >= 4 is 0 Å². The van der Waals surface area contributed by atoms with Crippen LogP contribution in [0.2, 0.25) is 0 Å². The Morgan fingerprint density at radius 2 is 1.20 bits per heavy atom. The lowest BCUT2D eigenvalue weighted by atomic mass is 9.70. The van der Waals surface area contributed by atoms with E-state index in [9.17, 15) is 0 Å². The van der Waals surface area contributed by atoms with E-state index in [4.69, 9.17) is 28.4 Å². The van der Waals surface area contributed by atoms with Crippen LogP contribution in [0.4, 0.5) is 0 Å². The van der Waals surface area contributed by atoms with Crippen LogP contribution in [-0.2, 0) is 29.8 Å². The van der Waals surface area contributed by atoms with Crippen LogP contribution in [0.1, 0.15) is 55.9 Å². The van der Waals surface area contributed by atoms with Gasteiger partial charge >= 0.3 is 0 Å². The molecule has 3 aromatic carbocycles. The van der Waals surface area contributed by atoms with Gasteiger partial charge in [-0.15, -0.1) is 0 Å². The minimum atomic E-state index is -0.472. The van der Waals surface area contributed by atoms with Crippen molar-refractivity contribution in [2.24, 2.45) is 0 Å². The van der Waals surface area contributed by atoms with Gasteiger partial charge in [-0.1, -0.05) is 68.0 Å². The fourth-order valence-corrected chi connectivity index (χ4v) is 5.84. The van der Waals surface area contributed by atoms with Gasteiger partial charge in [-0.25, -0.2) is 0 Å². The summed E-state index contributed by atoms with van der Waals surface area (Å²) in [6.07, 6.45) is 6.98. The molecule has 0 amide bonds. The van der Waals surface area contributed by atoms with E-state index >= 15 is 0 Å². The van der Waals surface area contributed by atoms with Crippen LogP contribution >= 0.6 is 0 Å². The summed E-state index contributed by atoms with van der Waals surface area (Å²) >= 11 is 0. The lowest BCUT2D eigenvalue weighted by molar-refractivity contribution is 0.174. The Morgan fingerprint density at radius 3 is 1.75 bits per heavy atom. The molecule has 6 nitrogen and oxygen atoms in total. The molecule has 0 saturated carbocycles. The van der Waals surface area contributed by atoms with Crippen molar-refractivity contribution in [1.29, 1.82) is 0 Å². The van der Waals surface area contributed by atoms with Crippen LogP contribution in [0.25, 0.3) is 0 Å². The van der Waals surface area contributed by atoms with Gasteiger partial charge in [0.25, 0.3) is 0 Å². The maximum atomic E-state index is 5.94. The van der Waals surface area contributed by atoms with Crippen molar-refractivity contribution in [2.45, 2.75) is 62.8 Å². The van der Waals surface area contributed by atoms with Crippen LogP contribution in [-0.4, -0.2) is 58.0 Å². The summed E-state index contributed by atoms with van der Waals surface area (Å²) in [6.45, 7) is 11.0. The van der Waals surface area contributed by atoms with Crippen molar-refractivity contribution in [3.8, 4) is 11.5 Å². The lowest BCUT2D eigenvalue weighted by Gasteiger charge is -2.33. The summed E-state index contributed by atoms with van der Waals surface area (Å²) in [5.74, 6) is 2.57. The molecule has 3 saturated heterocycles. The third-order valence-electron chi connectivity index (χ3n) is 9.31. The van der Waals surface area contributed by atoms with E-state index in [0.29, 0.717) is 25.6 Å². The molecular weight excluding hydrogens is 552 g/mol. The van der Waals surface area contributed by atoms with Crippen molar-refractivity contribution < 1.29 is 28.4 Å². The molecule has 6 heteroatoms. The smallest absolute Gasteiger partial charge is 0.170 e. The second-order valence-corrected chi connectivity index (χ2v) is 12.8. The van der Waals surface area contributed by atoms with Gasteiger partial charge in [-0.3, -0.25) is 0 Å². The molecule has 1 aliphatic carbocycles. The molecule has 3 aliphatic heterocycles. The number of hydrogen-bond acceptors (Lipinski definition) is 6. The van der Waals surface area contributed by atoms with Crippen molar-refractivity contribution in [3.05, 3.63) is 119 Å².